The van der Waals surface area contributed by atoms with E-state index in [1.807, 2.05) is 6.92 Å². The van der Waals surface area contributed by atoms with Gasteiger partial charge in [-0.05, 0) is 25.5 Å². The van der Waals surface area contributed by atoms with Gasteiger partial charge in [0.2, 0.25) is 0 Å². The van der Waals surface area contributed by atoms with Gasteiger partial charge in [0.15, 0.2) is 0 Å². The molecular weight excluding hydrogens is 300 g/mol. The summed E-state index contributed by atoms with van der Waals surface area (Å²) >= 11 is 12.2. The van der Waals surface area contributed by atoms with Crippen LogP contribution in [0.5, 0.6) is 0 Å². The van der Waals surface area contributed by atoms with Gasteiger partial charge >= 0.3 is 0 Å². The van der Waals surface area contributed by atoms with Gasteiger partial charge < -0.3 is 10.1 Å². The Morgan fingerprint density at radius 2 is 2.05 bits per heavy atom. The van der Waals surface area contributed by atoms with Crippen LogP contribution < -0.4 is 5.32 Å². The van der Waals surface area contributed by atoms with Gasteiger partial charge in [-0.2, -0.15) is 0 Å². The van der Waals surface area contributed by atoms with Crippen LogP contribution in [0.4, 0.5) is 4.39 Å². The zero-order valence-electron chi connectivity index (χ0n) is 12.1. The lowest BCUT2D eigenvalue weighted by Gasteiger charge is -2.52. The molecule has 0 heterocycles. The van der Waals surface area contributed by atoms with Gasteiger partial charge in [0.25, 0.3) is 0 Å². The molecule has 0 aromatic heterocycles. The highest BCUT2D eigenvalue weighted by Gasteiger charge is 2.48. The predicted octanol–water partition coefficient (Wildman–Crippen LogP) is 4.60. The average molecular weight is 320 g/mol. The molecule has 1 aliphatic carbocycles. The van der Waals surface area contributed by atoms with Crippen LogP contribution in [-0.4, -0.2) is 19.3 Å². The van der Waals surface area contributed by atoms with Gasteiger partial charge in [0, 0.05) is 35.2 Å². The van der Waals surface area contributed by atoms with Crippen molar-refractivity contribution in [2.75, 3.05) is 7.11 Å². The van der Waals surface area contributed by atoms with E-state index in [0.717, 1.165) is 6.42 Å². The Morgan fingerprint density at radius 3 is 2.60 bits per heavy atom. The molecule has 1 N–H and O–H groups in total. The van der Waals surface area contributed by atoms with E-state index >= 15 is 0 Å². The Kier molecular flexibility index (Phi) is 4.65. The zero-order chi connectivity index (χ0) is 15.1. The van der Waals surface area contributed by atoms with E-state index in [9.17, 15) is 4.39 Å². The maximum atomic E-state index is 13.6. The van der Waals surface area contributed by atoms with Crippen LogP contribution in [0, 0.1) is 11.2 Å². The lowest BCUT2D eigenvalue weighted by atomic mass is 9.64. The largest absolute Gasteiger partial charge is 0.381 e. The van der Waals surface area contributed by atoms with E-state index in [-0.39, 0.29) is 28.6 Å². The summed E-state index contributed by atoms with van der Waals surface area (Å²) < 4.78 is 19.0. The highest BCUT2D eigenvalue weighted by atomic mass is 35.5. The molecule has 2 rings (SSSR count). The summed E-state index contributed by atoms with van der Waals surface area (Å²) in [4.78, 5) is 0. The molecule has 0 spiro atoms. The highest BCUT2D eigenvalue weighted by Crippen LogP contribution is 2.44. The topological polar surface area (TPSA) is 21.3 Å². The van der Waals surface area contributed by atoms with E-state index < -0.39 is 5.82 Å². The molecule has 3 unspecified atom stereocenters. The standard InChI is InChI=1S/C15H20Cl2FNO/c1-8(13-9(16)5-6-10(18)14(13)17)19-11-7-12(20-4)15(11,2)3/h5-6,8,11-12,19H,7H2,1-4H3. The molecule has 0 aliphatic heterocycles. The van der Waals surface area contributed by atoms with Crippen molar-refractivity contribution in [1.29, 1.82) is 0 Å². The maximum Gasteiger partial charge on any atom is 0.142 e. The van der Waals surface area contributed by atoms with E-state index in [1.165, 1.54) is 6.07 Å². The third-order valence-corrected chi connectivity index (χ3v) is 5.14. The number of halogens is 3. The van der Waals surface area contributed by atoms with Gasteiger partial charge in [-0.15, -0.1) is 0 Å². The first-order valence-corrected chi connectivity index (χ1v) is 7.46. The number of nitrogens with one attached hydrogen (secondary N) is 1. The fourth-order valence-corrected chi connectivity index (χ4v) is 3.59. The molecular formula is C15H20Cl2FNO. The first kappa shape index (κ1) is 16.0. The Labute approximate surface area is 129 Å². The fraction of sp³-hybridized carbons (Fsp3) is 0.600. The van der Waals surface area contributed by atoms with E-state index in [0.29, 0.717) is 10.6 Å². The van der Waals surface area contributed by atoms with Crippen molar-refractivity contribution in [3.05, 3.63) is 33.6 Å². The Bertz CT molecular complexity index is 507. The van der Waals surface area contributed by atoms with Crippen molar-refractivity contribution < 1.29 is 9.13 Å². The summed E-state index contributed by atoms with van der Waals surface area (Å²) in [6.07, 6.45) is 1.17. The number of methoxy groups -OCH3 is 1. The first-order valence-electron chi connectivity index (χ1n) is 6.71. The van der Waals surface area contributed by atoms with Crippen LogP contribution in [0.15, 0.2) is 12.1 Å². The van der Waals surface area contributed by atoms with Crippen LogP contribution >= 0.6 is 23.2 Å². The molecule has 3 atom stereocenters. The zero-order valence-corrected chi connectivity index (χ0v) is 13.6. The fourth-order valence-electron chi connectivity index (χ4n) is 2.89. The van der Waals surface area contributed by atoms with Crippen molar-refractivity contribution in [1.82, 2.24) is 5.32 Å². The first-order chi connectivity index (χ1) is 9.28. The lowest BCUT2D eigenvalue weighted by molar-refractivity contribution is -0.0999. The van der Waals surface area contributed by atoms with E-state index in [4.69, 9.17) is 27.9 Å². The molecule has 112 valence electrons. The normalized spacial score (nSPS) is 26.1. The van der Waals surface area contributed by atoms with Crippen LogP contribution in [0.3, 0.4) is 0 Å². The summed E-state index contributed by atoms with van der Waals surface area (Å²) in [5.41, 5.74) is 0.653. The Balaban J connectivity index is 2.15. The van der Waals surface area contributed by atoms with Gasteiger partial charge in [-0.1, -0.05) is 37.0 Å². The van der Waals surface area contributed by atoms with Gasteiger partial charge in [-0.3, -0.25) is 0 Å². The Hall–Kier alpha value is -0.350. The monoisotopic (exact) mass is 319 g/mol. The molecule has 1 aliphatic rings. The maximum absolute atomic E-state index is 13.6. The number of hydrogen-bond donors (Lipinski definition) is 1. The number of hydrogen-bond acceptors (Lipinski definition) is 2. The minimum Gasteiger partial charge on any atom is -0.381 e. The highest BCUT2D eigenvalue weighted by molar-refractivity contribution is 6.36. The molecule has 2 nitrogen and oxygen atoms in total. The quantitative estimate of drug-likeness (QED) is 0.819. The molecule has 0 amide bonds. The summed E-state index contributed by atoms with van der Waals surface area (Å²) in [7, 11) is 1.73. The summed E-state index contributed by atoms with van der Waals surface area (Å²) in [6.45, 7) is 6.26. The molecule has 1 aromatic rings. The van der Waals surface area contributed by atoms with Crippen molar-refractivity contribution >= 4 is 23.2 Å². The SMILES string of the molecule is COC1CC(NC(C)c2c(Cl)ccc(F)c2Cl)C1(C)C. The summed E-state index contributed by atoms with van der Waals surface area (Å²) in [5, 5.41) is 4.06. The van der Waals surface area contributed by atoms with E-state index in [2.05, 4.69) is 19.2 Å². The molecule has 1 fully saturated rings. The molecule has 0 bridgehead atoms. The number of rotatable bonds is 4. The van der Waals surface area contributed by atoms with Crippen molar-refractivity contribution in [2.24, 2.45) is 5.41 Å². The van der Waals surface area contributed by atoms with Gasteiger partial charge in [0.1, 0.15) is 5.82 Å². The van der Waals surface area contributed by atoms with Crippen molar-refractivity contribution in [3.8, 4) is 0 Å². The number of benzene rings is 1. The van der Waals surface area contributed by atoms with Gasteiger partial charge in [-0.25, -0.2) is 4.39 Å². The number of ether oxygens (including phenoxy) is 1. The van der Waals surface area contributed by atoms with E-state index in [1.54, 1.807) is 13.2 Å². The minimum atomic E-state index is -0.442. The van der Waals surface area contributed by atoms with Crippen molar-refractivity contribution in [2.45, 2.75) is 45.4 Å². The lowest BCUT2D eigenvalue weighted by Crippen LogP contribution is -2.61. The molecule has 5 heteroatoms. The van der Waals surface area contributed by atoms with Crippen LogP contribution in [0.2, 0.25) is 10.0 Å². The second kappa shape index (κ2) is 5.80. The van der Waals surface area contributed by atoms with Crippen LogP contribution in [-0.2, 0) is 4.74 Å². The second-order valence-corrected chi connectivity index (χ2v) is 6.76. The minimum absolute atomic E-state index is 0.0370. The summed E-state index contributed by atoms with van der Waals surface area (Å²) in [6, 6.07) is 3.00. The van der Waals surface area contributed by atoms with Crippen LogP contribution in [0.25, 0.3) is 0 Å². The van der Waals surface area contributed by atoms with Gasteiger partial charge in [0.05, 0.1) is 11.1 Å². The third kappa shape index (κ3) is 2.69. The average Bonchev–Trinajstić information content (AvgIpc) is 2.38. The predicted molar refractivity (Wildman–Crippen MR) is 81.0 cm³/mol. The third-order valence-electron chi connectivity index (χ3n) is 4.43. The molecule has 1 saturated carbocycles. The molecule has 20 heavy (non-hydrogen) atoms. The molecule has 0 radical (unpaired) electrons. The van der Waals surface area contributed by atoms with Crippen LogP contribution in [0.1, 0.15) is 38.8 Å². The van der Waals surface area contributed by atoms with Crippen molar-refractivity contribution in [3.63, 3.8) is 0 Å². The Morgan fingerprint density at radius 1 is 1.40 bits per heavy atom. The summed E-state index contributed by atoms with van der Waals surface area (Å²) in [5.74, 6) is -0.442. The smallest absolute Gasteiger partial charge is 0.142 e. The molecule has 0 saturated heterocycles. The molecule has 1 aromatic carbocycles. The second-order valence-electron chi connectivity index (χ2n) is 5.98.